The fourth-order valence-corrected chi connectivity index (χ4v) is 2.24. The predicted octanol–water partition coefficient (Wildman–Crippen LogP) is 3.00. The molecule has 1 aliphatic rings. The van der Waals surface area contributed by atoms with Gasteiger partial charge in [0, 0.05) is 5.69 Å². The van der Waals surface area contributed by atoms with Crippen molar-refractivity contribution < 1.29 is 19.0 Å². The van der Waals surface area contributed by atoms with Crippen LogP contribution < -0.4 is 19.5 Å². The first-order valence-corrected chi connectivity index (χ1v) is 7.16. The molecular formula is C17H17NO4. The van der Waals surface area contributed by atoms with Crippen LogP contribution in [0.4, 0.5) is 5.69 Å². The van der Waals surface area contributed by atoms with Gasteiger partial charge in [-0.25, -0.2) is 0 Å². The van der Waals surface area contributed by atoms with Crippen LogP contribution in [0.25, 0.3) is 0 Å². The first kappa shape index (κ1) is 14.3. The lowest BCUT2D eigenvalue weighted by atomic mass is 10.1. The Labute approximate surface area is 128 Å². The Morgan fingerprint density at radius 1 is 1.14 bits per heavy atom. The largest absolute Gasteiger partial charge is 0.494 e. The number of benzene rings is 2. The normalized spacial score (nSPS) is 12.0. The Morgan fingerprint density at radius 2 is 1.91 bits per heavy atom. The quantitative estimate of drug-likeness (QED) is 0.922. The van der Waals surface area contributed by atoms with E-state index < -0.39 is 0 Å². The van der Waals surface area contributed by atoms with Crippen LogP contribution in [-0.4, -0.2) is 19.3 Å². The molecule has 0 spiro atoms. The van der Waals surface area contributed by atoms with E-state index in [-0.39, 0.29) is 19.1 Å². The van der Waals surface area contributed by atoms with Gasteiger partial charge < -0.3 is 19.5 Å². The maximum Gasteiger partial charge on any atom is 0.231 e. The summed E-state index contributed by atoms with van der Waals surface area (Å²) in [6, 6.07) is 12.8. The third kappa shape index (κ3) is 3.31. The molecule has 1 aliphatic heterocycles. The molecule has 0 aliphatic carbocycles. The molecule has 1 heterocycles. The summed E-state index contributed by atoms with van der Waals surface area (Å²) in [6.45, 7) is 2.79. The fraction of sp³-hybridized carbons (Fsp3) is 0.235. The Morgan fingerprint density at radius 3 is 2.68 bits per heavy atom. The maximum absolute atomic E-state index is 12.1. The van der Waals surface area contributed by atoms with Crippen LogP contribution in [0, 0.1) is 0 Å². The van der Waals surface area contributed by atoms with Gasteiger partial charge in [-0.3, -0.25) is 4.79 Å². The lowest BCUT2D eigenvalue weighted by molar-refractivity contribution is -0.115. The zero-order valence-corrected chi connectivity index (χ0v) is 12.3. The number of hydrogen-bond donors (Lipinski definition) is 1. The van der Waals surface area contributed by atoms with Crippen LogP contribution in [0.3, 0.4) is 0 Å². The van der Waals surface area contributed by atoms with Crippen molar-refractivity contribution in [2.75, 3.05) is 18.7 Å². The Kier molecular flexibility index (Phi) is 4.14. The lowest BCUT2D eigenvalue weighted by Gasteiger charge is -2.07. The van der Waals surface area contributed by atoms with Crippen LogP contribution in [0.1, 0.15) is 12.5 Å². The second-order valence-corrected chi connectivity index (χ2v) is 4.87. The summed E-state index contributed by atoms with van der Waals surface area (Å²) in [7, 11) is 0. The van der Waals surface area contributed by atoms with Crippen molar-refractivity contribution in [2.24, 2.45) is 0 Å². The van der Waals surface area contributed by atoms with Crippen molar-refractivity contribution in [1.29, 1.82) is 0 Å². The van der Waals surface area contributed by atoms with E-state index in [1.165, 1.54) is 0 Å². The van der Waals surface area contributed by atoms with Gasteiger partial charge in [-0.2, -0.15) is 0 Å². The highest BCUT2D eigenvalue weighted by atomic mass is 16.7. The summed E-state index contributed by atoms with van der Waals surface area (Å²) in [4.78, 5) is 12.1. The first-order chi connectivity index (χ1) is 10.7. The smallest absolute Gasteiger partial charge is 0.231 e. The number of amides is 1. The number of ether oxygens (including phenoxy) is 3. The van der Waals surface area contributed by atoms with Gasteiger partial charge >= 0.3 is 0 Å². The number of rotatable bonds is 5. The molecule has 5 nitrogen and oxygen atoms in total. The number of fused-ring (bicyclic) bond motifs is 1. The van der Waals surface area contributed by atoms with E-state index in [2.05, 4.69) is 5.32 Å². The van der Waals surface area contributed by atoms with Crippen molar-refractivity contribution in [1.82, 2.24) is 0 Å². The van der Waals surface area contributed by atoms with Crippen molar-refractivity contribution >= 4 is 11.6 Å². The van der Waals surface area contributed by atoms with Gasteiger partial charge in [-0.15, -0.1) is 0 Å². The minimum atomic E-state index is -0.0805. The lowest BCUT2D eigenvalue weighted by Crippen LogP contribution is -2.14. The summed E-state index contributed by atoms with van der Waals surface area (Å²) in [5.74, 6) is 2.11. The van der Waals surface area contributed by atoms with Gasteiger partial charge in [0.15, 0.2) is 11.5 Å². The SMILES string of the molecule is CCOc1ccc(NC(=O)Cc2ccc3c(c2)OCO3)cc1. The van der Waals surface area contributed by atoms with E-state index in [4.69, 9.17) is 14.2 Å². The Bertz CT molecular complexity index is 667. The summed E-state index contributed by atoms with van der Waals surface area (Å²) >= 11 is 0. The zero-order chi connectivity index (χ0) is 15.4. The average molecular weight is 299 g/mol. The average Bonchev–Trinajstić information content (AvgIpc) is 2.97. The molecule has 0 atom stereocenters. The molecule has 0 saturated carbocycles. The monoisotopic (exact) mass is 299 g/mol. The summed E-state index contributed by atoms with van der Waals surface area (Å²) in [5, 5.41) is 2.86. The second-order valence-electron chi connectivity index (χ2n) is 4.87. The van der Waals surface area contributed by atoms with Crippen LogP contribution in [-0.2, 0) is 11.2 Å². The first-order valence-electron chi connectivity index (χ1n) is 7.16. The number of carbonyl (C=O) groups is 1. The number of nitrogens with one attached hydrogen (secondary N) is 1. The van der Waals surface area contributed by atoms with Crippen LogP contribution in [0.5, 0.6) is 17.2 Å². The maximum atomic E-state index is 12.1. The number of anilines is 1. The highest BCUT2D eigenvalue weighted by molar-refractivity contribution is 5.92. The van der Waals surface area contributed by atoms with Crippen LogP contribution in [0.2, 0.25) is 0 Å². The highest BCUT2D eigenvalue weighted by Gasteiger charge is 2.14. The van der Waals surface area contributed by atoms with E-state index >= 15 is 0 Å². The number of carbonyl (C=O) groups excluding carboxylic acids is 1. The molecule has 114 valence electrons. The van der Waals surface area contributed by atoms with E-state index in [0.717, 1.165) is 22.7 Å². The Balaban J connectivity index is 1.60. The van der Waals surface area contributed by atoms with E-state index in [0.29, 0.717) is 12.4 Å². The summed E-state index contributed by atoms with van der Waals surface area (Å²) in [5.41, 5.74) is 1.63. The fourth-order valence-electron chi connectivity index (χ4n) is 2.24. The van der Waals surface area contributed by atoms with E-state index in [1.54, 1.807) is 0 Å². The predicted molar refractivity (Wildman–Crippen MR) is 82.5 cm³/mol. The van der Waals surface area contributed by atoms with Crippen molar-refractivity contribution in [3.63, 3.8) is 0 Å². The molecule has 0 unspecified atom stereocenters. The van der Waals surface area contributed by atoms with Gasteiger partial charge in [0.2, 0.25) is 12.7 Å². The molecule has 0 bridgehead atoms. The van der Waals surface area contributed by atoms with E-state index in [9.17, 15) is 4.79 Å². The third-order valence-electron chi connectivity index (χ3n) is 3.25. The molecule has 2 aromatic rings. The second kappa shape index (κ2) is 6.39. The summed E-state index contributed by atoms with van der Waals surface area (Å²) in [6.07, 6.45) is 0.282. The molecule has 22 heavy (non-hydrogen) atoms. The van der Waals surface area contributed by atoms with Gasteiger partial charge in [0.25, 0.3) is 0 Å². The molecule has 0 radical (unpaired) electrons. The van der Waals surface area contributed by atoms with Gasteiger partial charge in [-0.05, 0) is 48.9 Å². The minimum absolute atomic E-state index is 0.0805. The molecular weight excluding hydrogens is 282 g/mol. The third-order valence-corrected chi connectivity index (χ3v) is 3.25. The molecule has 5 heteroatoms. The Hall–Kier alpha value is -2.69. The standard InChI is InChI=1S/C17H17NO4/c1-2-20-14-6-4-13(5-7-14)18-17(19)10-12-3-8-15-16(9-12)22-11-21-15/h3-9H,2,10-11H2,1H3,(H,18,19). The molecule has 3 rings (SSSR count). The molecule has 2 aromatic carbocycles. The van der Waals surface area contributed by atoms with Crippen molar-refractivity contribution in [3.05, 3.63) is 48.0 Å². The van der Waals surface area contributed by atoms with Gasteiger partial charge in [0.05, 0.1) is 13.0 Å². The zero-order valence-electron chi connectivity index (χ0n) is 12.3. The molecule has 1 amide bonds. The molecule has 1 N–H and O–H groups in total. The molecule has 0 saturated heterocycles. The van der Waals surface area contributed by atoms with Gasteiger partial charge in [-0.1, -0.05) is 6.07 Å². The minimum Gasteiger partial charge on any atom is -0.494 e. The van der Waals surface area contributed by atoms with Crippen LogP contribution >= 0.6 is 0 Å². The van der Waals surface area contributed by atoms with Crippen molar-refractivity contribution in [3.8, 4) is 17.2 Å². The van der Waals surface area contributed by atoms with Gasteiger partial charge in [0.1, 0.15) is 5.75 Å². The van der Waals surface area contributed by atoms with Crippen molar-refractivity contribution in [2.45, 2.75) is 13.3 Å². The summed E-state index contributed by atoms with van der Waals surface area (Å²) < 4.78 is 15.9. The highest BCUT2D eigenvalue weighted by Crippen LogP contribution is 2.32. The topological polar surface area (TPSA) is 56.8 Å². The molecule has 0 aromatic heterocycles. The van der Waals surface area contributed by atoms with Crippen LogP contribution in [0.15, 0.2) is 42.5 Å². The van der Waals surface area contributed by atoms with E-state index in [1.807, 2.05) is 49.4 Å². The molecule has 0 fully saturated rings. The number of hydrogen-bond acceptors (Lipinski definition) is 4.